The molecule has 17 heavy (non-hydrogen) atoms. The van der Waals surface area contributed by atoms with Gasteiger partial charge in [0, 0.05) is 11.3 Å². The van der Waals surface area contributed by atoms with Crippen LogP contribution in [0.5, 0.6) is 0 Å². The van der Waals surface area contributed by atoms with E-state index in [1.807, 2.05) is 42.5 Å². The lowest BCUT2D eigenvalue weighted by atomic mass is 9.99. The van der Waals surface area contributed by atoms with Gasteiger partial charge < -0.3 is 0 Å². The molecule has 0 saturated heterocycles. The molecule has 0 saturated carbocycles. The summed E-state index contributed by atoms with van der Waals surface area (Å²) < 4.78 is 0. The maximum Gasteiger partial charge on any atom is 0.240 e. The highest BCUT2D eigenvalue weighted by Gasteiger charge is 2.07. The van der Waals surface area contributed by atoms with Crippen LogP contribution in [-0.2, 0) is 10.5 Å². The van der Waals surface area contributed by atoms with E-state index in [2.05, 4.69) is 17.6 Å². The number of rotatable bonds is 3. The van der Waals surface area contributed by atoms with Gasteiger partial charge in [-0.2, -0.15) is 17.6 Å². The number of hydrogen-bond donors (Lipinski definition) is 1. The first-order chi connectivity index (χ1) is 8.36. The summed E-state index contributed by atoms with van der Waals surface area (Å²) in [7, 11) is 0. The van der Waals surface area contributed by atoms with Crippen LogP contribution in [0.15, 0.2) is 53.5 Å². The number of para-hydroxylation sites is 1. The van der Waals surface area contributed by atoms with E-state index in [-0.39, 0.29) is 0 Å². The molecule has 0 amide bonds. The van der Waals surface area contributed by atoms with Gasteiger partial charge in [-0.25, -0.2) is 4.79 Å². The minimum absolute atomic E-state index is 0.636. The van der Waals surface area contributed by atoms with Gasteiger partial charge in [0.25, 0.3) is 0 Å². The highest BCUT2D eigenvalue weighted by molar-refractivity contribution is 7.79. The molecular formula is C14H11NOS. The van der Waals surface area contributed by atoms with E-state index >= 15 is 0 Å². The standard InChI is InChI=1S/C14H11NOS/c16-10-15-14-8-4-3-7-13(14)12-6-2-1-5-11(12)9-17/h1-8,17H,9H2. The smallest absolute Gasteiger partial charge is 0.211 e. The Bertz CT molecular complexity index is 574. The zero-order chi connectivity index (χ0) is 12.1. The Hall–Kier alpha value is -1.83. The molecule has 0 unspecified atom stereocenters. The SMILES string of the molecule is O=C=Nc1ccccc1-c1ccccc1CS. The third-order valence-electron chi connectivity index (χ3n) is 2.55. The van der Waals surface area contributed by atoms with Crippen LogP contribution in [0.2, 0.25) is 0 Å². The summed E-state index contributed by atoms with van der Waals surface area (Å²) in [6, 6.07) is 15.5. The van der Waals surface area contributed by atoms with Crippen LogP contribution in [0.25, 0.3) is 11.1 Å². The van der Waals surface area contributed by atoms with Gasteiger partial charge in [-0.3, -0.25) is 0 Å². The first kappa shape index (κ1) is 11.6. The second-order valence-corrected chi connectivity index (χ2v) is 3.85. The summed E-state index contributed by atoms with van der Waals surface area (Å²) in [4.78, 5) is 14.1. The van der Waals surface area contributed by atoms with E-state index in [1.54, 1.807) is 12.1 Å². The quantitative estimate of drug-likeness (QED) is 0.495. The molecule has 0 aliphatic carbocycles. The van der Waals surface area contributed by atoms with Crippen LogP contribution in [0.4, 0.5) is 5.69 Å². The Kier molecular flexibility index (Phi) is 3.76. The maximum absolute atomic E-state index is 10.4. The summed E-state index contributed by atoms with van der Waals surface area (Å²) >= 11 is 4.31. The summed E-state index contributed by atoms with van der Waals surface area (Å²) in [5.74, 6) is 0.648. The molecule has 0 radical (unpaired) electrons. The predicted molar refractivity (Wildman–Crippen MR) is 72.3 cm³/mol. The molecule has 0 bridgehead atoms. The molecule has 0 heterocycles. The molecule has 2 aromatic carbocycles. The number of hydrogen-bond acceptors (Lipinski definition) is 3. The van der Waals surface area contributed by atoms with Crippen molar-refractivity contribution < 1.29 is 4.79 Å². The first-order valence-corrected chi connectivity index (χ1v) is 5.86. The van der Waals surface area contributed by atoms with Crippen molar-refractivity contribution in [3.63, 3.8) is 0 Å². The molecule has 0 N–H and O–H groups in total. The fourth-order valence-electron chi connectivity index (χ4n) is 1.77. The van der Waals surface area contributed by atoms with Crippen molar-refractivity contribution in [2.45, 2.75) is 5.75 Å². The average molecular weight is 241 g/mol. The Labute approximate surface area is 105 Å². The molecule has 2 aromatic rings. The van der Waals surface area contributed by atoms with Gasteiger partial charge in [0.15, 0.2) is 0 Å². The normalized spacial score (nSPS) is 9.71. The summed E-state index contributed by atoms with van der Waals surface area (Å²) in [5, 5.41) is 0. The van der Waals surface area contributed by atoms with E-state index in [9.17, 15) is 4.79 Å². The van der Waals surface area contributed by atoms with Crippen LogP contribution < -0.4 is 0 Å². The van der Waals surface area contributed by atoms with Crippen LogP contribution in [0.1, 0.15) is 5.56 Å². The third-order valence-corrected chi connectivity index (χ3v) is 2.89. The van der Waals surface area contributed by atoms with Crippen LogP contribution in [0.3, 0.4) is 0 Å². The molecule has 0 aromatic heterocycles. The number of benzene rings is 2. The third kappa shape index (κ3) is 2.47. The molecule has 0 fully saturated rings. The fraction of sp³-hybridized carbons (Fsp3) is 0.0714. The molecule has 0 aliphatic rings. The van der Waals surface area contributed by atoms with Crippen molar-refractivity contribution >= 4 is 24.4 Å². The molecule has 0 aliphatic heterocycles. The van der Waals surface area contributed by atoms with E-state index in [1.165, 1.54) is 0 Å². The molecule has 0 spiro atoms. The van der Waals surface area contributed by atoms with Crippen LogP contribution >= 0.6 is 12.6 Å². The van der Waals surface area contributed by atoms with Crippen molar-refractivity contribution in [1.29, 1.82) is 0 Å². The second-order valence-electron chi connectivity index (χ2n) is 3.54. The number of thiol groups is 1. The summed E-state index contributed by atoms with van der Waals surface area (Å²) in [6.45, 7) is 0. The van der Waals surface area contributed by atoms with Crippen molar-refractivity contribution in [3.8, 4) is 11.1 Å². The fourth-order valence-corrected chi connectivity index (χ4v) is 2.04. The van der Waals surface area contributed by atoms with Gasteiger partial charge in [-0.05, 0) is 17.2 Å². The number of aliphatic imine (C=N–C) groups is 1. The molecule has 0 atom stereocenters. The van der Waals surface area contributed by atoms with Gasteiger partial charge in [0.1, 0.15) is 0 Å². The zero-order valence-electron chi connectivity index (χ0n) is 9.13. The molecular weight excluding hydrogens is 230 g/mol. The molecule has 3 heteroatoms. The summed E-state index contributed by atoms with van der Waals surface area (Å²) in [6.07, 6.45) is 1.59. The van der Waals surface area contributed by atoms with Crippen LogP contribution in [-0.4, -0.2) is 6.08 Å². The molecule has 2 nitrogen and oxygen atoms in total. The summed E-state index contributed by atoms with van der Waals surface area (Å²) in [5.41, 5.74) is 3.73. The average Bonchev–Trinajstić information content (AvgIpc) is 2.40. The van der Waals surface area contributed by atoms with Gasteiger partial charge in [-0.1, -0.05) is 42.5 Å². The van der Waals surface area contributed by atoms with E-state index in [0.717, 1.165) is 16.7 Å². The van der Waals surface area contributed by atoms with Crippen molar-refractivity contribution in [2.75, 3.05) is 0 Å². The second kappa shape index (κ2) is 5.48. The Balaban J connectivity index is 2.63. The number of nitrogens with zero attached hydrogens (tertiary/aromatic N) is 1. The van der Waals surface area contributed by atoms with Crippen LogP contribution in [0, 0.1) is 0 Å². The van der Waals surface area contributed by atoms with E-state index in [4.69, 9.17) is 0 Å². The Morgan fingerprint density at radius 3 is 2.35 bits per heavy atom. The lowest BCUT2D eigenvalue weighted by Crippen LogP contribution is -1.86. The lowest BCUT2D eigenvalue weighted by Gasteiger charge is -2.09. The van der Waals surface area contributed by atoms with E-state index in [0.29, 0.717) is 11.4 Å². The van der Waals surface area contributed by atoms with Gasteiger partial charge in [-0.15, -0.1) is 0 Å². The Morgan fingerprint density at radius 2 is 1.65 bits per heavy atom. The van der Waals surface area contributed by atoms with Crippen molar-refractivity contribution in [2.24, 2.45) is 4.99 Å². The molecule has 2 rings (SSSR count). The number of isocyanates is 1. The molecule has 84 valence electrons. The van der Waals surface area contributed by atoms with Gasteiger partial charge >= 0.3 is 0 Å². The van der Waals surface area contributed by atoms with Crippen molar-refractivity contribution in [1.82, 2.24) is 0 Å². The lowest BCUT2D eigenvalue weighted by molar-refractivity contribution is 0.565. The largest absolute Gasteiger partial charge is 0.240 e. The minimum atomic E-state index is 0.636. The Morgan fingerprint density at radius 1 is 1.00 bits per heavy atom. The minimum Gasteiger partial charge on any atom is -0.211 e. The first-order valence-electron chi connectivity index (χ1n) is 5.23. The highest BCUT2D eigenvalue weighted by atomic mass is 32.1. The maximum atomic E-state index is 10.4. The van der Waals surface area contributed by atoms with Gasteiger partial charge in [0.05, 0.1) is 5.69 Å². The monoisotopic (exact) mass is 241 g/mol. The topological polar surface area (TPSA) is 29.4 Å². The highest BCUT2D eigenvalue weighted by Crippen LogP contribution is 2.32. The predicted octanol–water partition coefficient (Wildman–Crippen LogP) is 3.75. The van der Waals surface area contributed by atoms with E-state index < -0.39 is 0 Å². The number of carbonyl (C=O) groups excluding carboxylic acids is 1. The van der Waals surface area contributed by atoms with Crippen molar-refractivity contribution in [3.05, 3.63) is 54.1 Å². The zero-order valence-corrected chi connectivity index (χ0v) is 10.0. The van der Waals surface area contributed by atoms with Gasteiger partial charge in [0.2, 0.25) is 6.08 Å².